The van der Waals surface area contributed by atoms with Gasteiger partial charge in [0, 0.05) is 15.9 Å². The molecule has 0 aromatic heterocycles. The Labute approximate surface area is 114 Å². The van der Waals surface area contributed by atoms with Gasteiger partial charge < -0.3 is 10.5 Å². The molecule has 0 aliphatic carbocycles. The molecule has 0 saturated carbocycles. The van der Waals surface area contributed by atoms with E-state index in [1.165, 1.54) is 6.07 Å². The van der Waals surface area contributed by atoms with Gasteiger partial charge in [-0.3, -0.25) is 0 Å². The molecule has 0 aliphatic rings. The van der Waals surface area contributed by atoms with E-state index >= 15 is 0 Å². The van der Waals surface area contributed by atoms with E-state index in [4.69, 9.17) is 10.5 Å². The van der Waals surface area contributed by atoms with Gasteiger partial charge >= 0.3 is 11.5 Å². The van der Waals surface area contributed by atoms with E-state index in [1.54, 1.807) is 12.1 Å². The quantitative estimate of drug-likeness (QED) is 0.517. The highest BCUT2D eigenvalue weighted by atomic mass is 79.9. The molecule has 8 heteroatoms. The van der Waals surface area contributed by atoms with Crippen molar-refractivity contribution in [1.82, 2.24) is 0 Å². The summed E-state index contributed by atoms with van der Waals surface area (Å²) in [6, 6.07) is 4.54. The van der Waals surface area contributed by atoms with Crippen molar-refractivity contribution in [3.63, 3.8) is 0 Å². The van der Waals surface area contributed by atoms with E-state index in [0.717, 1.165) is 0 Å². The molecular formula is C10H9BrF3NO2S. The average molecular weight is 344 g/mol. The van der Waals surface area contributed by atoms with Crippen LogP contribution in [0.25, 0.3) is 0 Å². The third-order valence-electron chi connectivity index (χ3n) is 1.79. The van der Waals surface area contributed by atoms with E-state index in [-0.39, 0.29) is 29.7 Å². The Hall–Kier alpha value is -0.890. The Bertz CT molecular complexity index is 440. The van der Waals surface area contributed by atoms with Crippen molar-refractivity contribution in [2.24, 2.45) is 0 Å². The van der Waals surface area contributed by atoms with E-state index < -0.39 is 11.5 Å². The van der Waals surface area contributed by atoms with E-state index in [1.807, 2.05) is 0 Å². The van der Waals surface area contributed by atoms with Crippen LogP contribution in [0.1, 0.15) is 10.4 Å². The van der Waals surface area contributed by atoms with Gasteiger partial charge in [0.1, 0.15) is 6.61 Å². The number of nitrogens with two attached hydrogens (primary N) is 1. The molecule has 0 heterocycles. The van der Waals surface area contributed by atoms with Gasteiger partial charge in [-0.1, -0.05) is 0 Å². The van der Waals surface area contributed by atoms with E-state index in [9.17, 15) is 18.0 Å². The van der Waals surface area contributed by atoms with Crippen LogP contribution in [0.2, 0.25) is 0 Å². The molecule has 0 unspecified atom stereocenters. The molecule has 0 atom stereocenters. The van der Waals surface area contributed by atoms with Crippen molar-refractivity contribution < 1.29 is 22.7 Å². The average Bonchev–Trinajstić information content (AvgIpc) is 2.26. The van der Waals surface area contributed by atoms with Gasteiger partial charge in [0.15, 0.2) is 0 Å². The number of alkyl halides is 3. The lowest BCUT2D eigenvalue weighted by Gasteiger charge is -2.08. The van der Waals surface area contributed by atoms with Gasteiger partial charge in [-0.25, -0.2) is 4.79 Å². The summed E-state index contributed by atoms with van der Waals surface area (Å²) in [5.41, 5.74) is 1.74. The first kappa shape index (κ1) is 15.2. The maximum absolute atomic E-state index is 11.8. The van der Waals surface area contributed by atoms with Gasteiger partial charge in [-0.05, 0) is 45.9 Å². The molecule has 18 heavy (non-hydrogen) atoms. The number of carbonyl (C=O) groups is 1. The van der Waals surface area contributed by atoms with Crippen molar-refractivity contribution in [3.05, 3.63) is 28.2 Å². The van der Waals surface area contributed by atoms with Crippen molar-refractivity contribution in [3.8, 4) is 0 Å². The van der Waals surface area contributed by atoms with Crippen LogP contribution in [0.5, 0.6) is 0 Å². The first-order chi connectivity index (χ1) is 8.29. The highest BCUT2D eigenvalue weighted by Gasteiger charge is 2.27. The van der Waals surface area contributed by atoms with E-state index in [0.29, 0.717) is 10.2 Å². The topological polar surface area (TPSA) is 52.3 Å². The smallest absolute Gasteiger partial charge is 0.441 e. The Kier molecular flexibility index (Phi) is 5.33. The van der Waals surface area contributed by atoms with Crippen molar-refractivity contribution in [2.45, 2.75) is 5.51 Å². The van der Waals surface area contributed by atoms with Crippen molar-refractivity contribution >= 4 is 39.3 Å². The Morgan fingerprint density at radius 2 is 2.11 bits per heavy atom. The van der Waals surface area contributed by atoms with Crippen LogP contribution in [0, 0.1) is 0 Å². The van der Waals surface area contributed by atoms with Gasteiger partial charge in [-0.2, -0.15) is 13.2 Å². The lowest BCUT2D eigenvalue weighted by Crippen LogP contribution is -2.11. The van der Waals surface area contributed by atoms with E-state index in [2.05, 4.69) is 15.9 Å². The minimum Gasteiger partial charge on any atom is -0.461 e. The van der Waals surface area contributed by atoms with Crippen LogP contribution in [0.4, 0.5) is 18.9 Å². The fraction of sp³-hybridized carbons (Fsp3) is 0.300. The normalized spacial score (nSPS) is 11.3. The molecule has 0 fully saturated rings. The summed E-state index contributed by atoms with van der Waals surface area (Å²) in [7, 11) is 0. The third-order valence-corrected chi connectivity index (χ3v) is 3.18. The summed E-state index contributed by atoms with van der Waals surface area (Å²) < 4.78 is 40.6. The maximum Gasteiger partial charge on any atom is 0.441 e. The lowest BCUT2D eigenvalue weighted by molar-refractivity contribution is -0.0331. The van der Waals surface area contributed by atoms with Crippen LogP contribution in [-0.2, 0) is 4.74 Å². The number of hydrogen-bond acceptors (Lipinski definition) is 4. The number of ether oxygens (including phenoxy) is 1. The van der Waals surface area contributed by atoms with Crippen molar-refractivity contribution in [1.29, 1.82) is 0 Å². The van der Waals surface area contributed by atoms with Gasteiger partial charge in [0.25, 0.3) is 0 Å². The zero-order valence-corrected chi connectivity index (χ0v) is 11.4. The minimum atomic E-state index is -4.32. The Morgan fingerprint density at radius 3 is 2.72 bits per heavy atom. The van der Waals surface area contributed by atoms with Crippen LogP contribution >= 0.6 is 27.7 Å². The molecule has 0 amide bonds. The lowest BCUT2D eigenvalue weighted by atomic mass is 10.2. The number of anilines is 1. The SMILES string of the molecule is Nc1ccc(Br)c(C(=O)OCCSC(F)(F)F)c1. The second kappa shape index (κ2) is 6.33. The molecule has 0 bridgehead atoms. The second-order valence-corrected chi connectivity index (χ2v) is 5.18. The van der Waals surface area contributed by atoms with Crippen molar-refractivity contribution in [2.75, 3.05) is 18.1 Å². The monoisotopic (exact) mass is 343 g/mol. The molecule has 0 saturated heterocycles. The standard InChI is InChI=1S/C10H9BrF3NO2S/c11-8-2-1-6(15)5-7(8)9(16)17-3-4-18-10(12,13)14/h1-2,5H,3-4,15H2. The zero-order valence-electron chi connectivity index (χ0n) is 8.96. The maximum atomic E-state index is 11.8. The Morgan fingerprint density at radius 1 is 1.44 bits per heavy atom. The number of esters is 1. The summed E-state index contributed by atoms with van der Waals surface area (Å²) in [6.45, 7) is -0.315. The molecule has 0 radical (unpaired) electrons. The number of carbonyl (C=O) groups excluding carboxylic acids is 1. The highest BCUT2D eigenvalue weighted by molar-refractivity contribution is 9.10. The van der Waals surface area contributed by atoms with Crippen LogP contribution < -0.4 is 5.73 Å². The van der Waals surface area contributed by atoms with Crippen LogP contribution in [-0.4, -0.2) is 23.8 Å². The van der Waals surface area contributed by atoms with Crippen LogP contribution in [0.3, 0.4) is 0 Å². The number of rotatable bonds is 4. The summed E-state index contributed by atoms with van der Waals surface area (Å²) in [5.74, 6) is -1.05. The molecule has 100 valence electrons. The van der Waals surface area contributed by atoms with Gasteiger partial charge in [-0.15, -0.1) is 0 Å². The molecule has 0 spiro atoms. The fourth-order valence-electron chi connectivity index (χ4n) is 1.07. The molecule has 2 N–H and O–H groups in total. The number of halogens is 4. The first-order valence-corrected chi connectivity index (χ1v) is 6.50. The number of benzene rings is 1. The summed E-state index contributed by atoms with van der Waals surface area (Å²) in [6.07, 6.45) is 0. The fourth-order valence-corrected chi connectivity index (χ4v) is 1.88. The van der Waals surface area contributed by atoms with Gasteiger partial charge in [0.05, 0.1) is 5.56 Å². The zero-order chi connectivity index (χ0) is 13.8. The molecule has 0 aliphatic heterocycles. The molecule has 3 nitrogen and oxygen atoms in total. The molecular weight excluding hydrogens is 335 g/mol. The first-order valence-electron chi connectivity index (χ1n) is 4.72. The molecule has 1 aromatic rings. The molecule has 1 rings (SSSR count). The minimum absolute atomic E-state index is 0.187. The largest absolute Gasteiger partial charge is 0.461 e. The Balaban J connectivity index is 2.48. The number of hydrogen-bond donors (Lipinski definition) is 1. The van der Waals surface area contributed by atoms with Gasteiger partial charge in [0.2, 0.25) is 0 Å². The summed E-state index contributed by atoms with van der Waals surface area (Å²) in [4.78, 5) is 11.5. The molecule has 1 aromatic carbocycles. The summed E-state index contributed by atoms with van der Waals surface area (Å²) in [5, 5.41) is 0. The second-order valence-electron chi connectivity index (χ2n) is 3.17. The highest BCUT2D eigenvalue weighted by Crippen LogP contribution is 2.29. The predicted octanol–water partition coefficient (Wildman–Crippen LogP) is 3.44. The predicted molar refractivity (Wildman–Crippen MR) is 67.3 cm³/mol. The van der Waals surface area contributed by atoms with Crippen LogP contribution in [0.15, 0.2) is 22.7 Å². The number of nitrogen functional groups attached to an aromatic ring is 1. The third kappa shape index (κ3) is 5.18. The number of thioether (sulfide) groups is 1. The summed E-state index contributed by atoms with van der Waals surface area (Å²) >= 11 is 2.89.